The summed E-state index contributed by atoms with van der Waals surface area (Å²) in [6, 6.07) is 13.7. The molecule has 1 aromatic heterocycles. The lowest BCUT2D eigenvalue weighted by Crippen LogP contribution is -2.57. The number of benzene rings is 2. The summed E-state index contributed by atoms with van der Waals surface area (Å²) in [7, 11) is 0. The molecule has 3 aromatic rings. The van der Waals surface area contributed by atoms with E-state index in [1.165, 1.54) is 0 Å². The van der Waals surface area contributed by atoms with Crippen LogP contribution in [0.3, 0.4) is 0 Å². The van der Waals surface area contributed by atoms with Crippen LogP contribution < -0.4 is 16.4 Å². The Morgan fingerprint density at radius 2 is 1.71 bits per heavy atom. The van der Waals surface area contributed by atoms with Gasteiger partial charge in [-0.1, -0.05) is 71.8 Å². The molecule has 2 aromatic carbocycles. The monoisotopic (exact) mass is 640 g/mol. The van der Waals surface area contributed by atoms with Crippen LogP contribution in [0.5, 0.6) is 0 Å². The second kappa shape index (κ2) is 12.0. The van der Waals surface area contributed by atoms with Gasteiger partial charge in [-0.15, -0.1) is 0 Å². The van der Waals surface area contributed by atoms with Crippen LogP contribution in [-0.4, -0.2) is 23.1 Å². The first-order chi connectivity index (χ1) is 18.1. The topological polar surface area (TPSA) is 80.0 Å². The van der Waals surface area contributed by atoms with Crippen molar-refractivity contribution in [2.75, 3.05) is 0 Å². The summed E-state index contributed by atoms with van der Waals surface area (Å²) in [4.78, 5) is 18.0. The average Bonchev–Trinajstić information content (AvgIpc) is 2.89. The van der Waals surface area contributed by atoms with Gasteiger partial charge >= 0.3 is 12.2 Å². The van der Waals surface area contributed by atoms with Gasteiger partial charge < -0.3 is 16.4 Å². The van der Waals surface area contributed by atoms with E-state index in [0.717, 1.165) is 42.5 Å². The Balaban J connectivity index is 1.87. The largest absolute Gasteiger partial charge is 0.416 e. The summed E-state index contributed by atoms with van der Waals surface area (Å²) in [5.74, 6) is -1.06. The molecule has 1 aliphatic rings. The van der Waals surface area contributed by atoms with Gasteiger partial charge in [-0.25, -0.2) is 9.18 Å². The van der Waals surface area contributed by atoms with E-state index in [0.29, 0.717) is 16.9 Å². The molecule has 202 valence electrons. The van der Waals surface area contributed by atoms with E-state index in [-0.39, 0.29) is 29.8 Å². The molecule has 0 unspecified atom stereocenters. The molecule has 4 rings (SSSR count). The standard InChI is InChI=1S/C28H29F4IN4O/c29-22-13-20(12-21(14-22)28(30,31)32)27(15-18-6-2-1-3-7-18,25-11-10-19(16-33)17-35-25)37-26(38)36-24-9-5-4-8-23(24)34/h1-3,6-7,10-14,17,23-24H,4-5,8-9,15-16,34H2,(H2,36,37,38)/t23-,24-,27-/m1/s1. The Morgan fingerprint density at radius 3 is 2.34 bits per heavy atom. The lowest BCUT2D eigenvalue weighted by Gasteiger charge is -2.37. The fraction of sp³-hybridized carbons (Fsp3) is 0.357. The highest BCUT2D eigenvalue weighted by Gasteiger charge is 2.41. The van der Waals surface area contributed by atoms with E-state index in [1.54, 1.807) is 42.6 Å². The maximum atomic E-state index is 14.8. The van der Waals surface area contributed by atoms with Crippen LogP contribution in [0, 0.1) is 5.82 Å². The molecular weight excluding hydrogens is 611 g/mol. The van der Waals surface area contributed by atoms with Gasteiger partial charge in [-0.3, -0.25) is 4.98 Å². The van der Waals surface area contributed by atoms with Gasteiger partial charge in [-0.2, -0.15) is 13.2 Å². The third-order valence-electron chi connectivity index (χ3n) is 6.91. The molecule has 2 amide bonds. The number of alkyl halides is 4. The van der Waals surface area contributed by atoms with Crippen molar-refractivity contribution in [3.8, 4) is 0 Å². The van der Waals surface area contributed by atoms with E-state index in [4.69, 9.17) is 5.73 Å². The Hall–Kier alpha value is -2.73. The smallest absolute Gasteiger partial charge is 0.334 e. The zero-order valence-electron chi connectivity index (χ0n) is 20.6. The SMILES string of the molecule is N[C@@H]1CCCC[C@H]1NC(=O)N[C@](Cc1ccccc1)(c1cc(F)cc(C(F)(F)F)c1)c1ccc(CI)cn1. The van der Waals surface area contributed by atoms with E-state index in [9.17, 15) is 22.4 Å². The van der Waals surface area contributed by atoms with Crippen molar-refractivity contribution >= 4 is 28.6 Å². The summed E-state index contributed by atoms with van der Waals surface area (Å²) >= 11 is 2.18. The van der Waals surface area contributed by atoms with E-state index in [2.05, 4.69) is 38.2 Å². The van der Waals surface area contributed by atoms with Gasteiger partial charge in [0.2, 0.25) is 0 Å². The summed E-state index contributed by atoms with van der Waals surface area (Å²) in [5, 5.41) is 5.83. The van der Waals surface area contributed by atoms with Crippen molar-refractivity contribution in [2.24, 2.45) is 5.73 Å². The first-order valence-electron chi connectivity index (χ1n) is 12.4. The van der Waals surface area contributed by atoms with Crippen LogP contribution in [0.15, 0.2) is 66.9 Å². The highest BCUT2D eigenvalue weighted by atomic mass is 127. The molecule has 0 spiro atoms. The molecule has 0 bridgehead atoms. The number of hydrogen-bond donors (Lipinski definition) is 3. The van der Waals surface area contributed by atoms with Gasteiger partial charge in [0.1, 0.15) is 11.4 Å². The summed E-state index contributed by atoms with van der Waals surface area (Å²) in [6.07, 6.45) is 0.198. The number of carbonyl (C=O) groups is 1. The maximum absolute atomic E-state index is 14.8. The summed E-state index contributed by atoms with van der Waals surface area (Å²) in [6.45, 7) is 0. The third-order valence-corrected chi connectivity index (χ3v) is 7.79. The number of carbonyl (C=O) groups excluding carboxylic acids is 1. The number of amides is 2. The van der Waals surface area contributed by atoms with Crippen LogP contribution >= 0.6 is 22.6 Å². The molecular formula is C28H29F4IN4O. The van der Waals surface area contributed by atoms with E-state index >= 15 is 0 Å². The van der Waals surface area contributed by atoms with Crippen LogP contribution in [0.25, 0.3) is 0 Å². The minimum absolute atomic E-state index is 0.0370. The normalized spacial score (nSPS) is 19.4. The Morgan fingerprint density at radius 1 is 1.00 bits per heavy atom. The minimum Gasteiger partial charge on any atom is -0.334 e. The van der Waals surface area contributed by atoms with Crippen LogP contribution in [-0.2, 0) is 22.6 Å². The van der Waals surface area contributed by atoms with Crippen molar-refractivity contribution in [3.05, 3.63) is 101 Å². The molecule has 5 nitrogen and oxygen atoms in total. The van der Waals surface area contributed by atoms with Crippen molar-refractivity contribution in [2.45, 2.75) is 60.3 Å². The van der Waals surface area contributed by atoms with Gasteiger partial charge in [0.25, 0.3) is 0 Å². The number of halogens is 5. The van der Waals surface area contributed by atoms with Crippen molar-refractivity contribution in [1.29, 1.82) is 0 Å². The minimum atomic E-state index is -4.79. The lowest BCUT2D eigenvalue weighted by molar-refractivity contribution is -0.137. The molecule has 1 fully saturated rings. The third kappa shape index (κ3) is 6.63. The average molecular weight is 640 g/mol. The summed E-state index contributed by atoms with van der Waals surface area (Å²) in [5.41, 5.74) is 5.31. The molecule has 1 heterocycles. The number of nitrogens with zero attached hydrogens (tertiary/aromatic N) is 1. The van der Waals surface area contributed by atoms with E-state index in [1.807, 2.05) is 6.07 Å². The van der Waals surface area contributed by atoms with Crippen LogP contribution in [0.1, 0.15) is 53.6 Å². The molecule has 38 heavy (non-hydrogen) atoms. The number of aromatic nitrogens is 1. The number of pyridine rings is 1. The predicted octanol–water partition coefficient (Wildman–Crippen LogP) is 6.23. The number of rotatable bonds is 7. The van der Waals surface area contributed by atoms with Gasteiger partial charge in [0.15, 0.2) is 0 Å². The molecule has 10 heteroatoms. The maximum Gasteiger partial charge on any atom is 0.416 e. The van der Waals surface area contributed by atoms with Gasteiger partial charge in [0.05, 0.1) is 11.3 Å². The number of urea groups is 1. The number of nitrogens with two attached hydrogens (primary N) is 1. The molecule has 3 atom stereocenters. The number of nitrogens with one attached hydrogen (secondary N) is 2. The first-order valence-corrected chi connectivity index (χ1v) is 13.9. The fourth-order valence-corrected chi connectivity index (χ4v) is 5.37. The lowest BCUT2D eigenvalue weighted by atomic mass is 9.79. The van der Waals surface area contributed by atoms with Crippen molar-refractivity contribution < 1.29 is 22.4 Å². The Kier molecular flexibility index (Phi) is 8.92. The molecule has 4 N–H and O–H groups in total. The second-order valence-electron chi connectivity index (χ2n) is 9.63. The van der Waals surface area contributed by atoms with Crippen molar-refractivity contribution in [3.63, 3.8) is 0 Å². The van der Waals surface area contributed by atoms with Crippen LogP contribution in [0.4, 0.5) is 22.4 Å². The highest BCUT2D eigenvalue weighted by molar-refractivity contribution is 14.1. The molecule has 0 aliphatic heterocycles. The van der Waals surface area contributed by atoms with Gasteiger partial charge in [0, 0.05) is 29.1 Å². The second-order valence-corrected chi connectivity index (χ2v) is 10.4. The Labute approximate surface area is 232 Å². The fourth-order valence-electron chi connectivity index (χ4n) is 4.92. The quantitative estimate of drug-likeness (QED) is 0.163. The molecule has 1 saturated carbocycles. The first kappa shape index (κ1) is 28.3. The zero-order valence-corrected chi connectivity index (χ0v) is 22.7. The van der Waals surface area contributed by atoms with Crippen LogP contribution in [0.2, 0.25) is 0 Å². The van der Waals surface area contributed by atoms with E-state index < -0.39 is 29.1 Å². The summed E-state index contributed by atoms with van der Waals surface area (Å²) < 4.78 is 56.8. The Bertz CT molecular complexity index is 1240. The number of hydrogen-bond acceptors (Lipinski definition) is 3. The highest BCUT2D eigenvalue weighted by Crippen LogP contribution is 2.38. The molecule has 0 radical (unpaired) electrons. The zero-order chi connectivity index (χ0) is 27.3. The van der Waals surface area contributed by atoms with Crippen molar-refractivity contribution in [1.82, 2.24) is 15.6 Å². The molecule has 0 saturated heterocycles. The van der Waals surface area contributed by atoms with Gasteiger partial charge in [-0.05, 0) is 53.8 Å². The predicted molar refractivity (Wildman–Crippen MR) is 146 cm³/mol. The molecule has 1 aliphatic carbocycles.